The summed E-state index contributed by atoms with van der Waals surface area (Å²) in [4.78, 5) is 4.88. The molecule has 29 heavy (non-hydrogen) atoms. The highest BCUT2D eigenvalue weighted by Gasteiger charge is 2.26. The van der Waals surface area contributed by atoms with E-state index in [1.165, 1.54) is 5.56 Å². The van der Waals surface area contributed by atoms with Crippen LogP contribution in [0, 0.1) is 6.92 Å². The number of nitrogens with zero attached hydrogens (tertiary/aromatic N) is 2. The Kier molecular flexibility index (Phi) is 4.53. The van der Waals surface area contributed by atoms with Crippen molar-refractivity contribution in [2.75, 3.05) is 0 Å². The molecule has 4 heteroatoms. The van der Waals surface area contributed by atoms with Crippen molar-refractivity contribution >= 4 is 28.2 Å². The van der Waals surface area contributed by atoms with Gasteiger partial charge in [-0.15, -0.1) is 0 Å². The van der Waals surface area contributed by atoms with Gasteiger partial charge in [0, 0.05) is 33.7 Å². The third kappa shape index (κ3) is 3.28. The number of halogens is 1. The van der Waals surface area contributed by atoms with Crippen molar-refractivity contribution in [3.05, 3.63) is 101 Å². The molecule has 1 aliphatic heterocycles. The molecule has 1 aliphatic rings. The van der Waals surface area contributed by atoms with Gasteiger partial charge in [0.15, 0.2) is 0 Å². The van der Waals surface area contributed by atoms with Crippen LogP contribution in [0.1, 0.15) is 29.3 Å². The number of pyridine rings is 1. The number of benzene rings is 3. The van der Waals surface area contributed by atoms with Crippen molar-refractivity contribution in [2.45, 2.75) is 19.4 Å². The Labute approximate surface area is 175 Å². The van der Waals surface area contributed by atoms with Gasteiger partial charge < -0.3 is 5.43 Å². The average molecular weight is 398 g/mol. The second-order valence-electron chi connectivity index (χ2n) is 7.33. The number of hydrazone groups is 1. The van der Waals surface area contributed by atoms with E-state index >= 15 is 0 Å². The van der Waals surface area contributed by atoms with E-state index in [0.29, 0.717) is 5.02 Å². The van der Waals surface area contributed by atoms with Crippen LogP contribution in [0.15, 0.2) is 84.0 Å². The van der Waals surface area contributed by atoms with Gasteiger partial charge in [0.1, 0.15) is 0 Å². The number of nitrogens with one attached hydrogen (secondary N) is 1. The summed E-state index contributed by atoms with van der Waals surface area (Å²) in [5.74, 6) is 0. The number of hydrogen-bond donors (Lipinski definition) is 1. The number of aryl methyl sites for hydroxylation is 1. The highest BCUT2D eigenvalue weighted by Crippen LogP contribution is 2.37. The van der Waals surface area contributed by atoms with Crippen molar-refractivity contribution in [3.8, 4) is 11.1 Å². The topological polar surface area (TPSA) is 37.3 Å². The van der Waals surface area contributed by atoms with E-state index in [4.69, 9.17) is 21.7 Å². The normalized spacial score (nSPS) is 15.9. The maximum atomic E-state index is 6.36. The Balaban J connectivity index is 1.69. The van der Waals surface area contributed by atoms with Crippen LogP contribution >= 0.6 is 11.6 Å². The smallest absolute Gasteiger partial charge is 0.0745 e. The zero-order valence-electron chi connectivity index (χ0n) is 16.1. The molecule has 3 nitrogen and oxygen atoms in total. The lowest BCUT2D eigenvalue weighted by Gasteiger charge is -2.16. The molecule has 2 heterocycles. The van der Waals surface area contributed by atoms with Crippen LogP contribution in [0.4, 0.5) is 0 Å². The molecular weight excluding hydrogens is 378 g/mol. The van der Waals surface area contributed by atoms with E-state index in [9.17, 15) is 0 Å². The van der Waals surface area contributed by atoms with Gasteiger partial charge >= 0.3 is 0 Å². The molecule has 0 radical (unpaired) electrons. The van der Waals surface area contributed by atoms with Gasteiger partial charge in [-0.2, -0.15) is 5.10 Å². The third-order valence-electron chi connectivity index (χ3n) is 5.43. The molecule has 0 spiro atoms. The highest BCUT2D eigenvalue weighted by molar-refractivity contribution is 6.31. The van der Waals surface area contributed by atoms with Gasteiger partial charge in [-0.1, -0.05) is 72.3 Å². The molecule has 1 atom stereocenters. The summed E-state index contributed by atoms with van der Waals surface area (Å²) in [5.41, 5.74) is 10.9. The average Bonchev–Trinajstić information content (AvgIpc) is 3.24. The molecule has 142 valence electrons. The first-order chi connectivity index (χ1) is 14.2. The van der Waals surface area contributed by atoms with Crippen LogP contribution in [0.3, 0.4) is 0 Å². The van der Waals surface area contributed by atoms with Gasteiger partial charge in [0.05, 0.1) is 17.3 Å². The Morgan fingerprint density at radius 3 is 2.38 bits per heavy atom. The van der Waals surface area contributed by atoms with Crippen molar-refractivity contribution < 1.29 is 0 Å². The molecule has 0 bridgehead atoms. The number of rotatable bonds is 3. The number of fused-ring (bicyclic) bond motifs is 1. The van der Waals surface area contributed by atoms with Gasteiger partial charge in [-0.25, -0.2) is 0 Å². The minimum absolute atomic E-state index is 0.171. The van der Waals surface area contributed by atoms with Crippen LogP contribution in [0.5, 0.6) is 0 Å². The molecule has 0 fully saturated rings. The lowest BCUT2D eigenvalue weighted by molar-refractivity contribution is 0.620. The maximum absolute atomic E-state index is 6.36. The fourth-order valence-corrected chi connectivity index (χ4v) is 4.26. The summed E-state index contributed by atoms with van der Waals surface area (Å²) in [7, 11) is 0. The van der Waals surface area contributed by atoms with Crippen molar-refractivity contribution in [1.29, 1.82) is 0 Å². The van der Waals surface area contributed by atoms with Gasteiger partial charge in [-0.3, -0.25) is 4.98 Å². The van der Waals surface area contributed by atoms with E-state index < -0.39 is 0 Å². The zero-order chi connectivity index (χ0) is 19.8. The molecule has 1 N–H and O–H groups in total. The van der Waals surface area contributed by atoms with E-state index in [0.717, 1.165) is 45.4 Å². The number of hydrogen-bond acceptors (Lipinski definition) is 3. The first kappa shape index (κ1) is 17.9. The second kappa shape index (κ2) is 7.34. The van der Waals surface area contributed by atoms with E-state index in [1.54, 1.807) is 0 Å². The molecule has 0 unspecified atom stereocenters. The molecular formula is C25H20ClN3. The minimum atomic E-state index is 0.171. The van der Waals surface area contributed by atoms with Crippen LogP contribution in [0.2, 0.25) is 5.02 Å². The fraction of sp³-hybridized carbons (Fsp3) is 0.120. The summed E-state index contributed by atoms with van der Waals surface area (Å²) in [6.07, 6.45) is 0.818. The Bertz CT molecular complexity index is 1220. The quantitative estimate of drug-likeness (QED) is 0.440. The summed E-state index contributed by atoms with van der Waals surface area (Å²) >= 11 is 6.36. The predicted molar refractivity (Wildman–Crippen MR) is 120 cm³/mol. The summed E-state index contributed by atoms with van der Waals surface area (Å²) in [6, 6.07) is 26.9. The maximum Gasteiger partial charge on any atom is 0.0745 e. The van der Waals surface area contributed by atoms with E-state index in [-0.39, 0.29) is 6.04 Å². The minimum Gasteiger partial charge on any atom is -0.302 e. The van der Waals surface area contributed by atoms with Crippen LogP contribution in [0.25, 0.3) is 22.0 Å². The van der Waals surface area contributed by atoms with Crippen molar-refractivity contribution in [2.24, 2.45) is 5.10 Å². The molecule has 1 aromatic heterocycles. The molecule has 0 saturated carbocycles. The third-order valence-corrected chi connectivity index (χ3v) is 5.67. The molecule has 0 aliphatic carbocycles. The van der Waals surface area contributed by atoms with Crippen molar-refractivity contribution in [3.63, 3.8) is 0 Å². The molecule has 0 amide bonds. The Hall–Kier alpha value is -3.17. The van der Waals surface area contributed by atoms with Crippen LogP contribution in [-0.2, 0) is 0 Å². The number of aromatic nitrogens is 1. The fourth-order valence-electron chi connectivity index (χ4n) is 4.09. The van der Waals surface area contributed by atoms with Crippen LogP contribution < -0.4 is 5.43 Å². The molecule has 3 aromatic carbocycles. The summed E-state index contributed by atoms with van der Waals surface area (Å²) in [6.45, 7) is 2.06. The van der Waals surface area contributed by atoms with E-state index in [2.05, 4.69) is 60.9 Å². The van der Waals surface area contributed by atoms with E-state index in [1.807, 2.05) is 30.3 Å². The first-order valence-electron chi connectivity index (χ1n) is 9.73. The lowest BCUT2D eigenvalue weighted by atomic mass is 9.89. The molecule has 0 saturated heterocycles. The zero-order valence-corrected chi connectivity index (χ0v) is 16.8. The molecule has 4 aromatic rings. The Morgan fingerprint density at radius 2 is 1.62 bits per heavy atom. The van der Waals surface area contributed by atoms with Crippen LogP contribution in [-0.4, -0.2) is 10.7 Å². The first-order valence-corrected chi connectivity index (χ1v) is 10.1. The summed E-state index contributed by atoms with van der Waals surface area (Å²) in [5, 5.41) is 6.49. The molecule has 5 rings (SSSR count). The second-order valence-corrected chi connectivity index (χ2v) is 7.77. The highest BCUT2D eigenvalue weighted by atomic mass is 35.5. The largest absolute Gasteiger partial charge is 0.302 e. The predicted octanol–water partition coefficient (Wildman–Crippen LogP) is 6.30. The van der Waals surface area contributed by atoms with Crippen molar-refractivity contribution in [1.82, 2.24) is 10.4 Å². The van der Waals surface area contributed by atoms with Gasteiger partial charge in [0.2, 0.25) is 0 Å². The standard InChI is InChI=1S/C25H20ClN3/c1-16-24(23-15-22(28-29-23)17-8-4-2-5-9-17)25(18-10-6-3-7-11-18)20-14-19(26)12-13-21(20)27-16/h2-14,22,28H,15H2,1H3/t22-/m1/s1. The monoisotopic (exact) mass is 397 g/mol. The Morgan fingerprint density at radius 1 is 0.897 bits per heavy atom. The SMILES string of the molecule is Cc1nc2ccc(Cl)cc2c(-c2ccccc2)c1C1=NN[C@@H](c2ccccc2)C1. The van der Waals surface area contributed by atoms with Gasteiger partial charge in [-0.05, 0) is 36.2 Å². The van der Waals surface area contributed by atoms with Gasteiger partial charge in [0.25, 0.3) is 0 Å². The summed E-state index contributed by atoms with van der Waals surface area (Å²) < 4.78 is 0. The lowest BCUT2D eigenvalue weighted by Crippen LogP contribution is -2.10.